The van der Waals surface area contributed by atoms with Crippen molar-refractivity contribution in [1.82, 2.24) is 10.3 Å². The molecule has 15 heavy (non-hydrogen) atoms. The fourth-order valence-corrected chi connectivity index (χ4v) is 1.69. The van der Waals surface area contributed by atoms with Gasteiger partial charge in [-0.3, -0.25) is 4.79 Å². The van der Waals surface area contributed by atoms with Crippen molar-refractivity contribution < 1.29 is 9.53 Å². The number of amides is 1. The Bertz CT molecular complexity index is 314. The first kappa shape index (κ1) is 11.9. The second-order valence-electron chi connectivity index (χ2n) is 2.91. The Morgan fingerprint density at radius 2 is 2.47 bits per heavy atom. The molecule has 0 aromatic carbocycles. The van der Waals surface area contributed by atoms with Gasteiger partial charge in [-0.2, -0.15) is 0 Å². The lowest BCUT2D eigenvalue weighted by Gasteiger charge is -2.02. The van der Waals surface area contributed by atoms with Gasteiger partial charge in [-0.05, 0) is 0 Å². The van der Waals surface area contributed by atoms with Crippen molar-refractivity contribution in [2.75, 3.05) is 32.6 Å². The lowest BCUT2D eigenvalue weighted by molar-refractivity contribution is -0.120. The molecule has 1 aromatic heterocycles. The van der Waals surface area contributed by atoms with Crippen molar-refractivity contribution in [3.05, 3.63) is 11.1 Å². The largest absolute Gasteiger partial charge is 0.383 e. The highest BCUT2D eigenvalue weighted by molar-refractivity contribution is 7.13. The first-order valence-electron chi connectivity index (χ1n) is 4.64. The average molecular weight is 229 g/mol. The summed E-state index contributed by atoms with van der Waals surface area (Å²) in [7, 11) is 3.41. The van der Waals surface area contributed by atoms with Gasteiger partial charge < -0.3 is 15.4 Å². The van der Waals surface area contributed by atoms with Crippen LogP contribution in [0.15, 0.2) is 5.38 Å². The van der Waals surface area contributed by atoms with E-state index in [0.717, 1.165) is 10.8 Å². The van der Waals surface area contributed by atoms with E-state index in [9.17, 15) is 4.79 Å². The van der Waals surface area contributed by atoms with Gasteiger partial charge in [-0.1, -0.05) is 0 Å². The fourth-order valence-electron chi connectivity index (χ4n) is 1.02. The minimum absolute atomic E-state index is 0.0278. The van der Waals surface area contributed by atoms with Gasteiger partial charge in [0.2, 0.25) is 5.91 Å². The molecule has 0 fully saturated rings. The summed E-state index contributed by atoms with van der Waals surface area (Å²) in [6, 6.07) is 0. The number of aromatic nitrogens is 1. The number of thiazole rings is 1. The molecule has 0 saturated carbocycles. The van der Waals surface area contributed by atoms with Crippen LogP contribution in [0.5, 0.6) is 0 Å². The standard InChI is InChI=1S/C9H15N3O2S/c1-10-9-12-7(6-15-9)5-8(13)11-3-4-14-2/h6H,3-5H2,1-2H3,(H,10,12)(H,11,13). The van der Waals surface area contributed by atoms with E-state index in [1.54, 1.807) is 14.2 Å². The summed E-state index contributed by atoms with van der Waals surface area (Å²) in [6.45, 7) is 1.07. The molecule has 0 aliphatic heterocycles. The Hall–Kier alpha value is -1.14. The van der Waals surface area contributed by atoms with E-state index < -0.39 is 0 Å². The average Bonchev–Trinajstić information content (AvgIpc) is 2.66. The van der Waals surface area contributed by atoms with Crippen LogP contribution in [-0.2, 0) is 16.0 Å². The molecule has 0 saturated heterocycles. The summed E-state index contributed by atoms with van der Waals surface area (Å²) in [5.74, 6) is -0.0278. The van der Waals surface area contributed by atoms with E-state index in [0.29, 0.717) is 19.6 Å². The molecular formula is C9H15N3O2S. The second kappa shape index (κ2) is 6.36. The quantitative estimate of drug-likeness (QED) is 0.697. The lowest BCUT2D eigenvalue weighted by Crippen LogP contribution is -2.28. The van der Waals surface area contributed by atoms with Gasteiger partial charge >= 0.3 is 0 Å². The summed E-state index contributed by atoms with van der Waals surface area (Å²) in [5, 5.41) is 8.37. The Balaban J connectivity index is 2.31. The van der Waals surface area contributed by atoms with Gasteiger partial charge in [-0.25, -0.2) is 4.98 Å². The molecular weight excluding hydrogens is 214 g/mol. The molecule has 2 N–H and O–H groups in total. The first-order valence-corrected chi connectivity index (χ1v) is 5.52. The Morgan fingerprint density at radius 1 is 1.67 bits per heavy atom. The van der Waals surface area contributed by atoms with Crippen molar-refractivity contribution in [3.63, 3.8) is 0 Å². The van der Waals surface area contributed by atoms with Gasteiger partial charge in [0.25, 0.3) is 0 Å². The van der Waals surface area contributed by atoms with Gasteiger partial charge in [0.1, 0.15) is 0 Å². The van der Waals surface area contributed by atoms with Crippen LogP contribution >= 0.6 is 11.3 Å². The van der Waals surface area contributed by atoms with Gasteiger partial charge in [0.05, 0.1) is 18.7 Å². The summed E-state index contributed by atoms with van der Waals surface area (Å²) < 4.78 is 4.83. The zero-order valence-corrected chi connectivity index (χ0v) is 9.69. The maximum absolute atomic E-state index is 11.4. The number of hydrogen-bond acceptors (Lipinski definition) is 5. The third kappa shape index (κ3) is 4.26. The number of ether oxygens (including phenoxy) is 1. The third-order valence-corrected chi connectivity index (χ3v) is 2.64. The molecule has 0 bridgehead atoms. The van der Waals surface area contributed by atoms with Crippen LogP contribution in [0.4, 0.5) is 5.13 Å². The maximum Gasteiger partial charge on any atom is 0.226 e. The molecule has 6 heteroatoms. The highest BCUT2D eigenvalue weighted by Crippen LogP contribution is 2.14. The molecule has 0 unspecified atom stereocenters. The predicted molar refractivity (Wildman–Crippen MR) is 60.3 cm³/mol. The summed E-state index contributed by atoms with van der Waals surface area (Å²) in [4.78, 5) is 15.6. The Morgan fingerprint density at radius 3 is 3.07 bits per heavy atom. The van der Waals surface area contributed by atoms with E-state index >= 15 is 0 Å². The number of carbonyl (C=O) groups excluding carboxylic acids is 1. The monoisotopic (exact) mass is 229 g/mol. The lowest BCUT2D eigenvalue weighted by atomic mass is 10.3. The van der Waals surface area contributed by atoms with Crippen molar-refractivity contribution in [1.29, 1.82) is 0 Å². The van der Waals surface area contributed by atoms with Crippen molar-refractivity contribution >= 4 is 22.4 Å². The predicted octanol–water partition coefficient (Wildman–Crippen LogP) is 0.490. The van der Waals surface area contributed by atoms with Crippen LogP contribution in [0, 0.1) is 0 Å². The van der Waals surface area contributed by atoms with E-state index in [2.05, 4.69) is 15.6 Å². The van der Waals surface area contributed by atoms with Gasteiger partial charge in [-0.15, -0.1) is 11.3 Å². The summed E-state index contributed by atoms with van der Waals surface area (Å²) in [6.07, 6.45) is 0.321. The number of hydrogen-bond donors (Lipinski definition) is 2. The highest BCUT2D eigenvalue weighted by Gasteiger charge is 2.06. The molecule has 0 spiro atoms. The molecule has 84 valence electrons. The second-order valence-corrected chi connectivity index (χ2v) is 3.77. The van der Waals surface area contributed by atoms with Crippen molar-refractivity contribution in [2.45, 2.75) is 6.42 Å². The molecule has 0 aliphatic rings. The van der Waals surface area contributed by atoms with Crippen LogP contribution < -0.4 is 10.6 Å². The number of methoxy groups -OCH3 is 1. The highest BCUT2D eigenvalue weighted by atomic mass is 32.1. The molecule has 1 rings (SSSR count). The Kier molecular flexibility index (Phi) is 5.06. The number of carbonyl (C=O) groups is 1. The SMILES string of the molecule is CNc1nc(CC(=O)NCCOC)cs1. The normalized spacial score (nSPS) is 10.0. The summed E-state index contributed by atoms with van der Waals surface area (Å²) >= 11 is 1.49. The van der Waals surface area contributed by atoms with Crippen LogP contribution in [0.1, 0.15) is 5.69 Å². The van der Waals surface area contributed by atoms with Crippen LogP contribution in [0.2, 0.25) is 0 Å². The molecule has 5 nitrogen and oxygen atoms in total. The van der Waals surface area contributed by atoms with Crippen LogP contribution in [0.25, 0.3) is 0 Å². The van der Waals surface area contributed by atoms with E-state index in [1.165, 1.54) is 11.3 Å². The van der Waals surface area contributed by atoms with Crippen molar-refractivity contribution in [2.24, 2.45) is 0 Å². The number of rotatable bonds is 6. The van der Waals surface area contributed by atoms with Crippen LogP contribution in [0.3, 0.4) is 0 Å². The molecule has 0 atom stereocenters. The smallest absolute Gasteiger partial charge is 0.226 e. The molecule has 1 aromatic rings. The minimum atomic E-state index is -0.0278. The molecule has 0 radical (unpaired) electrons. The van der Waals surface area contributed by atoms with Crippen LogP contribution in [-0.4, -0.2) is 38.2 Å². The van der Waals surface area contributed by atoms with Gasteiger partial charge in [0, 0.05) is 26.1 Å². The molecule has 0 aliphatic carbocycles. The number of nitrogens with zero attached hydrogens (tertiary/aromatic N) is 1. The van der Waals surface area contributed by atoms with E-state index in [-0.39, 0.29) is 5.91 Å². The zero-order chi connectivity index (χ0) is 11.1. The van der Waals surface area contributed by atoms with Crippen molar-refractivity contribution in [3.8, 4) is 0 Å². The fraction of sp³-hybridized carbons (Fsp3) is 0.556. The van der Waals surface area contributed by atoms with E-state index in [1.807, 2.05) is 5.38 Å². The molecule has 1 amide bonds. The molecule has 1 heterocycles. The minimum Gasteiger partial charge on any atom is -0.383 e. The number of nitrogens with one attached hydrogen (secondary N) is 2. The van der Waals surface area contributed by atoms with E-state index in [4.69, 9.17) is 4.74 Å². The first-order chi connectivity index (χ1) is 7.26. The summed E-state index contributed by atoms with van der Waals surface area (Å²) in [5.41, 5.74) is 0.791. The number of anilines is 1. The zero-order valence-electron chi connectivity index (χ0n) is 8.87. The third-order valence-electron chi connectivity index (χ3n) is 1.74. The topological polar surface area (TPSA) is 63.2 Å². The Labute approximate surface area is 92.9 Å². The maximum atomic E-state index is 11.4. The van der Waals surface area contributed by atoms with Gasteiger partial charge in [0.15, 0.2) is 5.13 Å².